The van der Waals surface area contributed by atoms with Gasteiger partial charge in [-0.2, -0.15) is 0 Å². The second kappa shape index (κ2) is 38.9. The monoisotopic (exact) mass is 809 g/mol. The molecule has 0 bridgehead atoms. The highest BCUT2D eigenvalue weighted by Crippen LogP contribution is 2.38. The van der Waals surface area contributed by atoms with Crippen molar-refractivity contribution in [2.45, 2.75) is 206 Å². The van der Waals surface area contributed by atoms with Gasteiger partial charge < -0.3 is 28.8 Å². The third-order valence-electron chi connectivity index (χ3n) is 10.0. The number of carbonyl (C=O) groups excluding carboxylic acids is 1. The van der Waals surface area contributed by atoms with Crippen molar-refractivity contribution in [3.63, 3.8) is 0 Å². The number of quaternary nitrogens is 1. The Morgan fingerprint density at radius 3 is 1.64 bits per heavy atom. The van der Waals surface area contributed by atoms with E-state index in [1.807, 2.05) is 27.2 Å². The Balaban J connectivity index is 4.34. The fourth-order valence-corrected chi connectivity index (χ4v) is 7.10. The summed E-state index contributed by atoms with van der Waals surface area (Å²) in [5.74, 6) is -0.210. The summed E-state index contributed by atoms with van der Waals surface area (Å²) in [6.07, 6.45) is 48.8. The van der Waals surface area contributed by atoms with Gasteiger partial charge in [0.2, 0.25) is 5.91 Å². The lowest BCUT2D eigenvalue weighted by Gasteiger charge is -2.29. The summed E-state index contributed by atoms with van der Waals surface area (Å²) in [6, 6.07) is -0.902. The van der Waals surface area contributed by atoms with Crippen LogP contribution in [-0.2, 0) is 18.4 Å². The van der Waals surface area contributed by atoms with Gasteiger partial charge >= 0.3 is 0 Å². The number of carbonyl (C=O) groups is 1. The Morgan fingerprint density at radius 1 is 0.643 bits per heavy atom. The Bertz CT molecular complexity index is 1050. The molecule has 0 aromatic carbocycles. The SMILES string of the molecule is CC/C=C\C/C=C\CCCCCCCCCCCCCCCCC(=O)NC(COP(=O)([O-])OCC[N+](C)(C)C)C(O)/C=C/CC/C=C/CCCCCCCCC. The zero-order valence-electron chi connectivity index (χ0n) is 37.1. The van der Waals surface area contributed by atoms with Gasteiger partial charge in [0.1, 0.15) is 13.2 Å². The first-order chi connectivity index (χ1) is 27.0. The predicted octanol–water partition coefficient (Wildman–Crippen LogP) is 12.2. The Morgan fingerprint density at radius 2 is 1.11 bits per heavy atom. The van der Waals surface area contributed by atoms with E-state index in [9.17, 15) is 19.4 Å². The molecule has 1 amide bonds. The lowest BCUT2D eigenvalue weighted by molar-refractivity contribution is -0.870. The summed E-state index contributed by atoms with van der Waals surface area (Å²) in [5, 5.41) is 13.7. The lowest BCUT2D eigenvalue weighted by atomic mass is 10.0. The smallest absolute Gasteiger partial charge is 0.268 e. The van der Waals surface area contributed by atoms with Gasteiger partial charge in [-0.3, -0.25) is 9.36 Å². The topological polar surface area (TPSA) is 108 Å². The normalized spacial score (nSPS) is 14.8. The van der Waals surface area contributed by atoms with Crippen LogP contribution < -0.4 is 10.2 Å². The van der Waals surface area contributed by atoms with Crippen molar-refractivity contribution in [3.8, 4) is 0 Å². The van der Waals surface area contributed by atoms with Crippen molar-refractivity contribution >= 4 is 13.7 Å². The van der Waals surface area contributed by atoms with Crippen LogP contribution in [0.1, 0.15) is 194 Å². The van der Waals surface area contributed by atoms with Crippen molar-refractivity contribution in [1.29, 1.82) is 0 Å². The van der Waals surface area contributed by atoms with Crippen LogP contribution in [-0.4, -0.2) is 68.5 Å². The van der Waals surface area contributed by atoms with E-state index in [0.29, 0.717) is 17.4 Å². The first kappa shape index (κ1) is 54.5. The van der Waals surface area contributed by atoms with E-state index in [-0.39, 0.29) is 12.5 Å². The standard InChI is InChI=1S/C47H89N2O6P/c1-6-8-10-12-14-16-18-20-21-22-23-24-25-26-27-29-31-33-35-37-39-41-47(51)48-45(44-55-56(52,53)54-43-42-49(3,4)5)46(50)40-38-36-34-32-30-28-19-17-15-13-11-9-7-2/h8,10,14,16,30,32,38,40,45-46,50H,6-7,9,11-13,15,17-29,31,33-37,39,41-44H2,1-5H3,(H-,48,51,52,53)/b10-8-,16-14-,32-30+,40-38+. The maximum atomic E-state index is 12.9. The molecule has 2 N–H and O–H groups in total. The van der Waals surface area contributed by atoms with Crippen LogP contribution in [0.2, 0.25) is 0 Å². The molecule has 3 unspecified atom stereocenters. The Labute approximate surface area is 346 Å². The highest BCUT2D eigenvalue weighted by Gasteiger charge is 2.23. The van der Waals surface area contributed by atoms with Crippen molar-refractivity contribution in [2.24, 2.45) is 0 Å². The summed E-state index contributed by atoms with van der Waals surface area (Å²) in [7, 11) is 1.24. The lowest BCUT2D eigenvalue weighted by Crippen LogP contribution is -2.45. The van der Waals surface area contributed by atoms with E-state index in [2.05, 4.69) is 55.6 Å². The molecule has 0 fully saturated rings. The van der Waals surface area contributed by atoms with Gasteiger partial charge in [0.05, 0.1) is 39.9 Å². The maximum Gasteiger partial charge on any atom is 0.268 e. The highest BCUT2D eigenvalue weighted by atomic mass is 31.2. The minimum atomic E-state index is -4.59. The first-order valence-corrected chi connectivity index (χ1v) is 24.5. The molecule has 0 radical (unpaired) electrons. The molecule has 0 aromatic rings. The van der Waals surface area contributed by atoms with Crippen LogP contribution in [0.15, 0.2) is 48.6 Å². The number of hydrogen-bond donors (Lipinski definition) is 2. The number of allylic oxidation sites excluding steroid dienone is 7. The molecule has 0 heterocycles. The fourth-order valence-electron chi connectivity index (χ4n) is 6.38. The minimum Gasteiger partial charge on any atom is -0.756 e. The minimum absolute atomic E-state index is 0.00703. The predicted molar refractivity (Wildman–Crippen MR) is 238 cm³/mol. The van der Waals surface area contributed by atoms with Crippen molar-refractivity contribution in [2.75, 3.05) is 40.9 Å². The third-order valence-corrected chi connectivity index (χ3v) is 11.0. The molecule has 0 rings (SSSR count). The van der Waals surface area contributed by atoms with Crippen LogP contribution in [0.25, 0.3) is 0 Å². The number of likely N-dealkylation sites (N-methyl/N-ethyl adjacent to an activating group) is 1. The van der Waals surface area contributed by atoms with E-state index in [1.165, 1.54) is 122 Å². The zero-order chi connectivity index (χ0) is 41.4. The van der Waals surface area contributed by atoms with Gasteiger partial charge in [-0.15, -0.1) is 0 Å². The molecule has 8 nitrogen and oxygen atoms in total. The molecule has 0 spiro atoms. The number of amides is 1. The number of phosphoric acid groups is 1. The number of hydrogen-bond acceptors (Lipinski definition) is 6. The summed E-state index contributed by atoms with van der Waals surface area (Å²) in [5.41, 5.74) is 0. The molecule has 0 aliphatic rings. The number of unbranched alkanes of at least 4 members (excludes halogenated alkanes) is 22. The first-order valence-electron chi connectivity index (χ1n) is 23.0. The maximum absolute atomic E-state index is 12.9. The van der Waals surface area contributed by atoms with Crippen LogP contribution in [0.3, 0.4) is 0 Å². The van der Waals surface area contributed by atoms with E-state index < -0.39 is 26.6 Å². The zero-order valence-corrected chi connectivity index (χ0v) is 38.0. The van der Waals surface area contributed by atoms with Gasteiger partial charge in [0, 0.05) is 6.42 Å². The molecule has 0 aliphatic heterocycles. The number of phosphoric ester groups is 1. The van der Waals surface area contributed by atoms with Gasteiger partial charge in [-0.25, -0.2) is 0 Å². The van der Waals surface area contributed by atoms with Gasteiger partial charge in [0.15, 0.2) is 0 Å². The van der Waals surface area contributed by atoms with Crippen molar-refractivity contribution in [3.05, 3.63) is 48.6 Å². The average Bonchev–Trinajstić information content (AvgIpc) is 3.15. The van der Waals surface area contributed by atoms with E-state index in [4.69, 9.17) is 9.05 Å². The molecule has 0 aliphatic carbocycles. The second-order valence-electron chi connectivity index (χ2n) is 16.7. The Kier molecular flexibility index (Phi) is 37.9. The summed E-state index contributed by atoms with van der Waals surface area (Å²) in [6.45, 7) is 4.51. The molecule has 328 valence electrons. The van der Waals surface area contributed by atoms with Gasteiger partial charge in [0.25, 0.3) is 7.82 Å². The largest absolute Gasteiger partial charge is 0.756 e. The summed E-state index contributed by atoms with van der Waals surface area (Å²) >= 11 is 0. The second-order valence-corrected chi connectivity index (χ2v) is 18.1. The average molecular weight is 809 g/mol. The molecule has 56 heavy (non-hydrogen) atoms. The summed E-state index contributed by atoms with van der Waals surface area (Å²) in [4.78, 5) is 25.3. The van der Waals surface area contributed by atoms with Crippen LogP contribution in [0.5, 0.6) is 0 Å². The molecule has 0 aromatic heterocycles. The number of nitrogens with zero attached hydrogens (tertiary/aromatic N) is 1. The van der Waals surface area contributed by atoms with Gasteiger partial charge in [-0.05, 0) is 57.8 Å². The van der Waals surface area contributed by atoms with Crippen LogP contribution in [0, 0.1) is 0 Å². The van der Waals surface area contributed by atoms with Crippen LogP contribution in [0.4, 0.5) is 0 Å². The van der Waals surface area contributed by atoms with Crippen LogP contribution >= 0.6 is 7.82 Å². The van der Waals surface area contributed by atoms with Gasteiger partial charge in [-0.1, -0.05) is 178 Å². The third kappa shape index (κ3) is 40.6. The van der Waals surface area contributed by atoms with E-state index in [0.717, 1.165) is 51.4 Å². The number of aliphatic hydroxyl groups is 1. The Hall–Kier alpha value is -1.54. The molecular weight excluding hydrogens is 719 g/mol. The quantitative estimate of drug-likeness (QED) is 0.0276. The summed E-state index contributed by atoms with van der Waals surface area (Å²) < 4.78 is 23.2. The van der Waals surface area contributed by atoms with E-state index >= 15 is 0 Å². The number of nitrogens with one attached hydrogen (secondary N) is 1. The molecule has 0 saturated carbocycles. The molecular formula is C47H89N2O6P. The fraction of sp³-hybridized carbons (Fsp3) is 0.809. The molecule has 3 atom stereocenters. The number of aliphatic hydroxyl groups excluding tert-OH is 1. The highest BCUT2D eigenvalue weighted by molar-refractivity contribution is 7.45. The molecule has 9 heteroatoms. The molecule has 0 saturated heterocycles. The van der Waals surface area contributed by atoms with Crippen molar-refractivity contribution < 1.29 is 32.9 Å². The van der Waals surface area contributed by atoms with Crippen molar-refractivity contribution in [1.82, 2.24) is 5.32 Å². The number of rotatable bonds is 41. The van der Waals surface area contributed by atoms with E-state index in [1.54, 1.807) is 6.08 Å².